The van der Waals surface area contributed by atoms with Crippen molar-refractivity contribution in [1.82, 2.24) is 5.32 Å². The average molecular weight is 193 g/mol. The van der Waals surface area contributed by atoms with Gasteiger partial charge in [-0.3, -0.25) is 4.55 Å². The van der Waals surface area contributed by atoms with Crippen molar-refractivity contribution in [1.29, 1.82) is 0 Å². The Morgan fingerprint density at radius 1 is 1.36 bits per heavy atom. The van der Waals surface area contributed by atoms with Crippen molar-refractivity contribution in [3.63, 3.8) is 0 Å². The number of hydrogen-bond donors (Lipinski definition) is 3. The number of aliphatic hydroxyl groups excluding tert-OH is 1. The molecule has 0 spiro atoms. The van der Waals surface area contributed by atoms with Crippen molar-refractivity contribution in [3.05, 3.63) is 0 Å². The standard InChI is InChI=1S/C4H11NO4S.Na.H/c6-3-1-5-2-4-10(7,8)9;;/h5-6H,1-4H2,(H,7,8,9);;/q;+1;-1. The van der Waals surface area contributed by atoms with Crippen molar-refractivity contribution in [2.75, 3.05) is 25.4 Å². The predicted octanol–water partition coefficient (Wildman–Crippen LogP) is -4.43. The summed E-state index contributed by atoms with van der Waals surface area (Å²) in [6.07, 6.45) is 0. The molecule has 0 saturated heterocycles. The maximum Gasteiger partial charge on any atom is 1.00 e. The van der Waals surface area contributed by atoms with Crippen molar-refractivity contribution < 1.29 is 49.1 Å². The molecule has 0 aromatic heterocycles. The molecule has 0 radical (unpaired) electrons. The third-order valence-corrected chi connectivity index (χ3v) is 1.55. The molecular formula is C4H12NNaO4S. The Morgan fingerprint density at radius 2 is 1.91 bits per heavy atom. The maximum atomic E-state index is 10.0. The van der Waals surface area contributed by atoms with Gasteiger partial charge in [0.25, 0.3) is 10.1 Å². The van der Waals surface area contributed by atoms with Gasteiger partial charge in [0.05, 0.1) is 12.4 Å². The molecule has 5 nitrogen and oxygen atoms in total. The zero-order valence-electron chi connectivity index (χ0n) is 7.45. The maximum absolute atomic E-state index is 10.0. The Bertz CT molecular complexity index is 174. The van der Waals surface area contributed by atoms with Crippen molar-refractivity contribution in [3.8, 4) is 0 Å². The minimum absolute atomic E-state index is 0. The van der Waals surface area contributed by atoms with E-state index in [1.54, 1.807) is 0 Å². The van der Waals surface area contributed by atoms with Crippen LogP contribution in [0.1, 0.15) is 1.43 Å². The molecule has 0 aromatic carbocycles. The van der Waals surface area contributed by atoms with Crippen LogP contribution in [0.5, 0.6) is 0 Å². The van der Waals surface area contributed by atoms with E-state index in [2.05, 4.69) is 5.32 Å². The molecule has 0 fully saturated rings. The van der Waals surface area contributed by atoms with Gasteiger partial charge in [-0.25, -0.2) is 0 Å². The molecule has 0 bridgehead atoms. The van der Waals surface area contributed by atoms with Gasteiger partial charge in [-0.15, -0.1) is 0 Å². The predicted molar refractivity (Wildman–Crippen MR) is 37.5 cm³/mol. The first-order chi connectivity index (χ1) is 4.56. The number of aliphatic hydroxyl groups is 1. The van der Waals surface area contributed by atoms with Gasteiger partial charge >= 0.3 is 29.6 Å². The molecule has 0 saturated carbocycles. The van der Waals surface area contributed by atoms with Crippen LogP contribution in [0, 0.1) is 0 Å². The Kier molecular flexibility index (Phi) is 9.76. The Hall–Kier alpha value is 0.830. The summed E-state index contributed by atoms with van der Waals surface area (Å²) < 4.78 is 28.3. The first-order valence-corrected chi connectivity index (χ1v) is 4.44. The van der Waals surface area contributed by atoms with E-state index in [-0.39, 0.29) is 49.9 Å². The van der Waals surface area contributed by atoms with Crippen LogP contribution < -0.4 is 34.9 Å². The molecule has 0 rings (SSSR count). The number of hydrogen-bond acceptors (Lipinski definition) is 4. The summed E-state index contributed by atoms with van der Waals surface area (Å²) >= 11 is 0. The molecule has 0 aliphatic rings. The third-order valence-electron chi connectivity index (χ3n) is 0.825. The van der Waals surface area contributed by atoms with Crippen LogP contribution in [0.3, 0.4) is 0 Å². The van der Waals surface area contributed by atoms with Gasteiger partial charge in [-0.1, -0.05) is 0 Å². The van der Waals surface area contributed by atoms with E-state index >= 15 is 0 Å². The Labute approximate surface area is 89.7 Å². The molecule has 0 aliphatic heterocycles. The van der Waals surface area contributed by atoms with Crippen LogP contribution >= 0.6 is 0 Å². The van der Waals surface area contributed by atoms with Crippen molar-refractivity contribution >= 4 is 10.1 Å². The minimum atomic E-state index is -3.85. The van der Waals surface area contributed by atoms with Crippen molar-refractivity contribution in [2.24, 2.45) is 0 Å². The largest absolute Gasteiger partial charge is 1.00 e. The monoisotopic (exact) mass is 193 g/mol. The van der Waals surface area contributed by atoms with E-state index in [0.717, 1.165) is 0 Å². The van der Waals surface area contributed by atoms with E-state index in [1.807, 2.05) is 0 Å². The van der Waals surface area contributed by atoms with Crippen LogP contribution in [0.4, 0.5) is 0 Å². The van der Waals surface area contributed by atoms with Crippen LogP contribution in [-0.2, 0) is 10.1 Å². The van der Waals surface area contributed by atoms with Crippen molar-refractivity contribution in [2.45, 2.75) is 0 Å². The Balaban J connectivity index is -0.000000405. The van der Waals surface area contributed by atoms with Crippen LogP contribution in [0.2, 0.25) is 0 Å². The van der Waals surface area contributed by atoms with Crippen LogP contribution in [0.15, 0.2) is 0 Å². The molecule has 0 aliphatic carbocycles. The fraction of sp³-hybridized carbons (Fsp3) is 1.00. The second kappa shape index (κ2) is 7.48. The van der Waals surface area contributed by atoms with Gasteiger partial charge in [0.2, 0.25) is 0 Å². The quantitative estimate of drug-likeness (QED) is 0.233. The van der Waals surface area contributed by atoms with E-state index in [1.165, 1.54) is 0 Å². The first kappa shape index (κ1) is 14.4. The summed E-state index contributed by atoms with van der Waals surface area (Å²) in [4.78, 5) is 0. The van der Waals surface area contributed by atoms with E-state index in [0.29, 0.717) is 6.54 Å². The van der Waals surface area contributed by atoms with Gasteiger partial charge < -0.3 is 11.8 Å². The zero-order chi connectivity index (χ0) is 8.04. The summed E-state index contributed by atoms with van der Waals surface area (Å²) in [6, 6.07) is 0. The normalized spacial score (nSPS) is 10.7. The topological polar surface area (TPSA) is 86.6 Å². The fourth-order valence-electron chi connectivity index (χ4n) is 0.405. The summed E-state index contributed by atoms with van der Waals surface area (Å²) in [5, 5.41) is 10.8. The van der Waals surface area contributed by atoms with E-state index < -0.39 is 10.1 Å². The fourth-order valence-corrected chi connectivity index (χ4v) is 0.807. The smallest absolute Gasteiger partial charge is 1.00 e. The van der Waals surface area contributed by atoms with E-state index in [4.69, 9.17) is 9.66 Å². The molecule has 0 unspecified atom stereocenters. The van der Waals surface area contributed by atoms with Gasteiger partial charge in [-0.05, 0) is 0 Å². The molecule has 11 heavy (non-hydrogen) atoms. The molecule has 0 aromatic rings. The van der Waals surface area contributed by atoms with Gasteiger partial charge in [0.15, 0.2) is 0 Å². The van der Waals surface area contributed by atoms with Crippen LogP contribution in [-0.4, -0.2) is 43.5 Å². The van der Waals surface area contributed by atoms with Gasteiger partial charge in [0, 0.05) is 13.1 Å². The average Bonchev–Trinajstić information content (AvgIpc) is 1.78. The molecule has 3 N–H and O–H groups in total. The molecule has 64 valence electrons. The summed E-state index contributed by atoms with van der Waals surface area (Å²) in [5.74, 6) is -0.312. The van der Waals surface area contributed by atoms with Crippen LogP contribution in [0.25, 0.3) is 0 Å². The third kappa shape index (κ3) is 13.8. The minimum Gasteiger partial charge on any atom is -1.00 e. The molecule has 0 atom stereocenters. The molecule has 0 amide bonds. The zero-order valence-corrected chi connectivity index (χ0v) is 9.26. The molecule has 7 heteroatoms. The van der Waals surface area contributed by atoms with Gasteiger partial charge in [0.1, 0.15) is 0 Å². The van der Waals surface area contributed by atoms with E-state index in [9.17, 15) is 8.42 Å². The second-order valence-corrected chi connectivity index (χ2v) is 3.33. The number of nitrogens with one attached hydrogen (secondary N) is 1. The Morgan fingerprint density at radius 3 is 2.27 bits per heavy atom. The summed E-state index contributed by atoms with van der Waals surface area (Å²) in [5.41, 5.74) is 0. The number of rotatable bonds is 5. The second-order valence-electron chi connectivity index (χ2n) is 1.76. The van der Waals surface area contributed by atoms with Gasteiger partial charge in [-0.2, -0.15) is 8.42 Å². The molecular weight excluding hydrogens is 181 g/mol. The summed E-state index contributed by atoms with van der Waals surface area (Å²) in [6.45, 7) is 0.473. The first-order valence-electron chi connectivity index (χ1n) is 2.83. The molecule has 0 heterocycles. The summed E-state index contributed by atoms with van der Waals surface area (Å²) in [7, 11) is -3.85. The SMILES string of the molecule is O=S(=O)(O)CCNCCO.[H-].[Na+].